The molecule has 1 aromatic carbocycles. The van der Waals surface area contributed by atoms with Crippen LogP contribution in [0.4, 0.5) is 5.82 Å². The highest BCUT2D eigenvalue weighted by molar-refractivity contribution is 8.00. The number of amides is 1. The summed E-state index contributed by atoms with van der Waals surface area (Å²) in [7, 11) is 0. The molecule has 9 heteroatoms. The second kappa shape index (κ2) is 8.24. The van der Waals surface area contributed by atoms with Gasteiger partial charge in [0.15, 0.2) is 12.4 Å². The van der Waals surface area contributed by atoms with Crippen molar-refractivity contribution >= 4 is 52.7 Å². The highest BCUT2D eigenvalue weighted by Crippen LogP contribution is 2.29. The Morgan fingerprint density at radius 2 is 2.13 bits per heavy atom. The third-order valence-electron chi connectivity index (χ3n) is 2.50. The molecule has 1 N–H and O–H groups in total. The van der Waals surface area contributed by atoms with Crippen molar-refractivity contribution in [2.45, 2.75) is 11.8 Å². The van der Waals surface area contributed by atoms with Crippen LogP contribution in [0.15, 0.2) is 33.7 Å². The quantitative estimate of drug-likeness (QED) is 0.614. The molecule has 1 heterocycles. The molecule has 0 radical (unpaired) electrons. The summed E-state index contributed by atoms with van der Waals surface area (Å²) in [4.78, 5) is 23.9. The Balaban J connectivity index is 1.74. The molecule has 0 spiro atoms. The average Bonchev–Trinajstić information content (AvgIpc) is 2.91. The lowest BCUT2D eigenvalue weighted by Crippen LogP contribution is -2.21. The van der Waals surface area contributed by atoms with Crippen molar-refractivity contribution in [3.63, 3.8) is 0 Å². The number of rotatable bonds is 6. The predicted molar refractivity (Wildman–Crippen MR) is 88.0 cm³/mol. The molecule has 0 atom stereocenters. The topological polar surface area (TPSA) is 81.4 Å². The SMILES string of the molecule is Cc1cc(NC(=O)COC(=O)CSc2cc(Cl)ccc2Cl)no1. The number of halogens is 2. The molecule has 0 aliphatic carbocycles. The van der Waals surface area contributed by atoms with Gasteiger partial charge in [0.25, 0.3) is 5.91 Å². The first-order chi connectivity index (χ1) is 10.9. The summed E-state index contributed by atoms with van der Waals surface area (Å²) in [6.45, 7) is 1.29. The van der Waals surface area contributed by atoms with Gasteiger partial charge in [-0.25, -0.2) is 0 Å². The van der Waals surface area contributed by atoms with E-state index in [0.29, 0.717) is 20.7 Å². The summed E-state index contributed by atoms with van der Waals surface area (Å²) in [5.74, 6) is -0.207. The van der Waals surface area contributed by atoms with E-state index in [1.165, 1.54) is 11.8 Å². The van der Waals surface area contributed by atoms with Crippen LogP contribution in [0, 0.1) is 6.92 Å². The zero-order valence-corrected chi connectivity index (χ0v) is 14.3. The minimum atomic E-state index is -0.544. The zero-order chi connectivity index (χ0) is 16.8. The molecular formula is C14H12Cl2N2O4S. The molecule has 1 aromatic heterocycles. The number of nitrogens with zero attached hydrogens (tertiary/aromatic N) is 1. The Hall–Kier alpha value is -1.70. The maximum atomic E-state index is 11.6. The zero-order valence-electron chi connectivity index (χ0n) is 12.0. The maximum Gasteiger partial charge on any atom is 0.316 e. The van der Waals surface area contributed by atoms with Crippen LogP contribution >= 0.6 is 35.0 Å². The van der Waals surface area contributed by atoms with E-state index < -0.39 is 18.5 Å². The van der Waals surface area contributed by atoms with E-state index in [-0.39, 0.29) is 11.6 Å². The van der Waals surface area contributed by atoms with E-state index in [1.54, 1.807) is 31.2 Å². The molecule has 0 saturated heterocycles. The summed E-state index contributed by atoms with van der Waals surface area (Å²) in [5, 5.41) is 7.05. The number of nitrogens with one attached hydrogen (secondary N) is 1. The van der Waals surface area contributed by atoms with Gasteiger partial charge in [-0.05, 0) is 25.1 Å². The summed E-state index contributed by atoms with van der Waals surface area (Å²) < 4.78 is 9.67. The van der Waals surface area contributed by atoms with Gasteiger partial charge >= 0.3 is 5.97 Å². The number of ether oxygens (including phenoxy) is 1. The third kappa shape index (κ3) is 5.78. The van der Waals surface area contributed by atoms with Crippen LogP contribution in [0.2, 0.25) is 10.0 Å². The fourth-order valence-corrected chi connectivity index (χ4v) is 2.81. The molecule has 0 aliphatic heterocycles. The molecule has 0 unspecified atom stereocenters. The summed E-state index contributed by atoms with van der Waals surface area (Å²) in [6.07, 6.45) is 0. The lowest BCUT2D eigenvalue weighted by atomic mass is 10.4. The molecule has 0 fully saturated rings. The third-order valence-corrected chi connectivity index (χ3v) is 4.20. The molecule has 6 nitrogen and oxygen atoms in total. The number of hydrogen-bond acceptors (Lipinski definition) is 6. The van der Waals surface area contributed by atoms with Crippen LogP contribution < -0.4 is 5.32 Å². The van der Waals surface area contributed by atoms with Gasteiger partial charge in [-0.15, -0.1) is 11.8 Å². The lowest BCUT2D eigenvalue weighted by Gasteiger charge is -2.06. The Morgan fingerprint density at radius 1 is 1.35 bits per heavy atom. The highest BCUT2D eigenvalue weighted by atomic mass is 35.5. The number of aromatic nitrogens is 1. The molecule has 23 heavy (non-hydrogen) atoms. The van der Waals surface area contributed by atoms with E-state index >= 15 is 0 Å². The Morgan fingerprint density at radius 3 is 2.83 bits per heavy atom. The van der Waals surface area contributed by atoms with Crippen LogP contribution in [-0.4, -0.2) is 29.4 Å². The Labute approximate surface area is 146 Å². The fourth-order valence-electron chi connectivity index (χ4n) is 1.52. The monoisotopic (exact) mass is 374 g/mol. The molecule has 0 saturated carbocycles. The molecular weight excluding hydrogens is 363 g/mol. The Bertz CT molecular complexity index is 721. The van der Waals surface area contributed by atoms with Gasteiger partial charge in [-0.3, -0.25) is 9.59 Å². The van der Waals surface area contributed by atoms with Crippen molar-refractivity contribution in [1.82, 2.24) is 5.16 Å². The van der Waals surface area contributed by atoms with E-state index in [2.05, 4.69) is 10.5 Å². The number of esters is 1. The van der Waals surface area contributed by atoms with Crippen LogP contribution in [0.5, 0.6) is 0 Å². The van der Waals surface area contributed by atoms with Gasteiger partial charge in [0.1, 0.15) is 5.76 Å². The van der Waals surface area contributed by atoms with E-state index in [4.69, 9.17) is 32.5 Å². The minimum absolute atomic E-state index is 0.0103. The first-order valence-electron chi connectivity index (χ1n) is 6.40. The number of carbonyl (C=O) groups excluding carboxylic acids is 2. The summed E-state index contributed by atoms with van der Waals surface area (Å²) >= 11 is 13.0. The van der Waals surface area contributed by atoms with Crippen molar-refractivity contribution in [3.8, 4) is 0 Å². The summed E-state index contributed by atoms with van der Waals surface area (Å²) in [6, 6.07) is 6.51. The molecule has 2 aromatic rings. The van der Waals surface area contributed by atoms with Crippen LogP contribution in [-0.2, 0) is 14.3 Å². The Kier molecular flexibility index (Phi) is 6.32. The van der Waals surface area contributed by atoms with Gasteiger partial charge in [0, 0.05) is 16.0 Å². The predicted octanol–water partition coefficient (Wildman–Crippen LogP) is 3.56. The molecule has 122 valence electrons. The fraction of sp³-hybridized carbons (Fsp3) is 0.214. The van der Waals surface area contributed by atoms with Gasteiger partial charge in [-0.1, -0.05) is 28.4 Å². The smallest absolute Gasteiger partial charge is 0.316 e. The van der Waals surface area contributed by atoms with Crippen molar-refractivity contribution < 1.29 is 18.8 Å². The molecule has 1 amide bonds. The van der Waals surface area contributed by atoms with E-state index in [9.17, 15) is 9.59 Å². The lowest BCUT2D eigenvalue weighted by molar-refractivity contribution is -0.144. The van der Waals surface area contributed by atoms with Gasteiger partial charge in [0.05, 0.1) is 10.8 Å². The van der Waals surface area contributed by atoms with Crippen LogP contribution in [0.1, 0.15) is 5.76 Å². The second-order valence-corrected chi connectivity index (χ2v) is 6.26. The van der Waals surface area contributed by atoms with E-state index in [0.717, 1.165) is 0 Å². The largest absolute Gasteiger partial charge is 0.455 e. The van der Waals surface area contributed by atoms with Gasteiger partial charge in [0.2, 0.25) is 0 Å². The van der Waals surface area contributed by atoms with Crippen molar-refractivity contribution in [1.29, 1.82) is 0 Å². The first-order valence-corrected chi connectivity index (χ1v) is 8.15. The maximum absolute atomic E-state index is 11.6. The first kappa shape index (κ1) is 17.7. The molecule has 2 rings (SSSR count). The van der Waals surface area contributed by atoms with Gasteiger partial charge in [-0.2, -0.15) is 0 Å². The van der Waals surface area contributed by atoms with E-state index in [1.807, 2.05) is 0 Å². The number of aryl methyl sites for hydroxylation is 1. The number of benzene rings is 1. The standard InChI is InChI=1S/C14H12Cl2N2O4S/c1-8-4-12(18-22-8)17-13(19)6-21-14(20)7-23-11-5-9(15)2-3-10(11)16/h2-5H,6-7H2,1H3,(H,17,18,19). The number of thioether (sulfide) groups is 1. The number of anilines is 1. The molecule has 0 aliphatic rings. The van der Waals surface area contributed by atoms with Gasteiger partial charge < -0.3 is 14.6 Å². The molecule has 0 bridgehead atoms. The normalized spacial score (nSPS) is 10.4. The highest BCUT2D eigenvalue weighted by Gasteiger charge is 2.11. The van der Waals surface area contributed by atoms with Crippen molar-refractivity contribution in [2.75, 3.05) is 17.7 Å². The van der Waals surface area contributed by atoms with Crippen LogP contribution in [0.3, 0.4) is 0 Å². The number of carbonyl (C=O) groups is 2. The van der Waals surface area contributed by atoms with Crippen molar-refractivity contribution in [2.24, 2.45) is 0 Å². The van der Waals surface area contributed by atoms with Crippen LogP contribution in [0.25, 0.3) is 0 Å². The second-order valence-electron chi connectivity index (χ2n) is 4.40. The van der Waals surface area contributed by atoms with Crippen molar-refractivity contribution in [3.05, 3.63) is 40.1 Å². The minimum Gasteiger partial charge on any atom is -0.455 e. The average molecular weight is 375 g/mol. The summed E-state index contributed by atoms with van der Waals surface area (Å²) in [5.41, 5.74) is 0. The number of hydrogen-bond donors (Lipinski definition) is 1.